The van der Waals surface area contributed by atoms with Gasteiger partial charge in [0.25, 0.3) is 5.91 Å². The van der Waals surface area contributed by atoms with Gasteiger partial charge in [0.2, 0.25) is 0 Å². The summed E-state index contributed by atoms with van der Waals surface area (Å²) in [5, 5.41) is 13.5. The number of nitrogens with zero attached hydrogens (tertiary/aromatic N) is 4. The molecule has 0 atom stereocenters. The summed E-state index contributed by atoms with van der Waals surface area (Å²) in [6.45, 7) is 10.1. The monoisotopic (exact) mass is 480 g/mol. The summed E-state index contributed by atoms with van der Waals surface area (Å²) in [4.78, 5) is 21.9. The average Bonchev–Trinajstić information content (AvgIpc) is 3.10. The Labute approximate surface area is 196 Å². The molecule has 0 saturated carbocycles. The van der Waals surface area contributed by atoms with Crippen LogP contribution in [0.5, 0.6) is 0 Å². The lowest BCUT2D eigenvalue weighted by Crippen LogP contribution is -2.27. The highest BCUT2D eigenvalue weighted by atomic mass is 35.5. The number of carbonyl (C=O) groups excluding carboxylic acids is 1. The van der Waals surface area contributed by atoms with Crippen molar-refractivity contribution < 1.29 is 4.79 Å². The van der Waals surface area contributed by atoms with Crippen LogP contribution in [0.4, 0.5) is 5.82 Å². The molecule has 0 aliphatic carbocycles. The van der Waals surface area contributed by atoms with Crippen LogP contribution >= 0.6 is 35.0 Å². The van der Waals surface area contributed by atoms with E-state index >= 15 is 0 Å². The van der Waals surface area contributed by atoms with Gasteiger partial charge in [-0.1, -0.05) is 62.7 Å². The standard InChI is InChI=1S/C21H26Cl2N6OS/c1-12(2)10-25-18-16-11-26-29(19(16)28-21(27-18)31-13(3)4)8-7-24-20(30)15-9-14(22)5-6-17(15)23/h5-6,9,11-13H,7-8,10H2,1-4H3,(H,24,30)(H,25,27,28). The molecule has 2 N–H and O–H groups in total. The zero-order chi connectivity index (χ0) is 22.5. The Morgan fingerprint density at radius 1 is 1.19 bits per heavy atom. The van der Waals surface area contributed by atoms with E-state index in [1.807, 2.05) is 0 Å². The molecule has 1 aromatic carbocycles. The lowest BCUT2D eigenvalue weighted by atomic mass is 10.2. The first kappa shape index (κ1) is 23.6. The van der Waals surface area contributed by atoms with Gasteiger partial charge in [0, 0.05) is 23.4 Å². The minimum absolute atomic E-state index is 0.283. The Morgan fingerprint density at radius 3 is 2.68 bits per heavy atom. The summed E-state index contributed by atoms with van der Waals surface area (Å²) in [7, 11) is 0. The predicted octanol–water partition coefficient (Wildman–Crippen LogP) is 5.13. The summed E-state index contributed by atoms with van der Waals surface area (Å²) >= 11 is 13.7. The Morgan fingerprint density at radius 2 is 1.97 bits per heavy atom. The Kier molecular flexibility index (Phi) is 8.02. The summed E-state index contributed by atoms with van der Waals surface area (Å²) in [6.07, 6.45) is 1.76. The Balaban J connectivity index is 1.77. The lowest BCUT2D eigenvalue weighted by Gasteiger charge is -2.12. The van der Waals surface area contributed by atoms with Crippen molar-refractivity contribution >= 4 is 57.7 Å². The van der Waals surface area contributed by atoms with Gasteiger partial charge in [0.05, 0.1) is 28.7 Å². The molecule has 0 unspecified atom stereocenters. The number of thioether (sulfide) groups is 1. The Hall–Kier alpha value is -2.03. The fourth-order valence-electron chi connectivity index (χ4n) is 2.84. The molecule has 0 saturated heterocycles. The van der Waals surface area contributed by atoms with Crippen LogP contribution in [-0.2, 0) is 6.54 Å². The number of rotatable bonds is 9. The van der Waals surface area contributed by atoms with Crippen LogP contribution in [0.15, 0.2) is 29.6 Å². The van der Waals surface area contributed by atoms with Crippen LogP contribution < -0.4 is 10.6 Å². The lowest BCUT2D eigenvalue weighted by molar-refractivity contribution is 0.0952. The molecule has 3 rings (SSSR count). The van der Waals surface area contributed by atoms with Crippen molar-refractivity contribution in [1.82, 2.24) is 25.1 Å². The summed E-state index contributed by atoms with van der Waals surface area (Å²) in [5.41, 5.74) is 1.08. The van der Waals surface area contributed by atoms with Crippen molar-refractivity contribution in [2.45, 2.75) is 44.6 Å². The predicted molar refractivity (Wildman–Crippen MR) is 128 cm³/mol. The van der Waals surface area contributed by atoms with E-state index in [4.69, 9.17) is 28.2 Å². The zero-order valence-corrected chi connectivity index (χ0v) is 20.3. The number of hydrogen-bond acceptors (Lipinski definition) is 6. The van der Waals surface area contributed by atoms with Crippen LogP contribution in [0.3, 0.4) is 0 Å². The second-order valence-corrected chi connectivity index (χ2v) is 10.2. The number of anilines is 1. The second kappa shape index (κ2) is 10.5. The van der Waals surface area contributed by atoms with Crippen molar-refractivity contribution in [3.63, 3.8) is 0 Å². The number of benzene rings is 1. The fraction of sp³-hybridized carbons (Fsp3) is 0.429. The molecular weight excluding hydrogens is 455 g/mol. The molecule has 0 spiro atoms. The van der Waals surface area contributed by atoms with E-state index < -0.39 is 0 Å². The van der Waals surface area contributed by atoms with Gasteiger partial charge < -0.3 is 10.6 Å². The van der Waals surface area contributed by atoms with E-state index in [0.29, 0.717) is 45.0 Å². The SMILES string of the molecule is CC(C)CNc1nc(SC(C)C)nc2c1cnn2CCNC(=O)c1cc(Cl)ccc1Cl. The van der Waals surface area contributed by atoms with Crippen molar-refractivity contribution in [3.8, 4) is 0 Å². The highest BCUT2D eigenvalue weighted by Crippen LogP contribution is 2.26. The van der Waals surface area contributed by atoms with E-state index in [1.165, 1.54) is 0 Å². The molecule has 0 aliphatic rings. The molecule has 2 aromatic heterocycles. The maximum absolute atomic E-state index is 12.5. The van der Waals surface area contributed by atoms with Crippen LogP contribution in [0, 0.1) is 5.92 Å². The van der Waals surface area contributed by atoms with Crippen molar-refractivity contribution in [1.29, 1.82) is 0 Å². The second-order valence-electron chi connectivity index (χ2n) is 7.78. The highest BCUT2D eigenvalue weighted by molar-refractivity contribution is 7.99. The number of aromatic nitrogens is 4. The van der Waals surface area contributed by atoms with Gasteiger partial charge >= 0.3 is 0 Å². The maximum Gasteiger partial charge on any atom is 0.252 e. The van der Waals surface area contributed by atoms with Gasteiger partial charge in [-0.15, -0.1) is 0 Å². The van der Waals surface area contributed by atoms with Crippen LogP contribution in [0.1, 0.15) is 38.1 Å². The molecular formula is C21H26Cl2N6OS. The van der Waals surface area contributed by atoms with Gasteiger partial charge in [-0.3, -0.25) is 4.79 Å². The number of fused-ring (bicyclic) bond motifs is 1. The first-order valence-electron chi connectivity index (χ1n) is 10.1. The van der Waals surface area contributed by atoms with Gasteiger partial charge in [-0.2, -0.15) is 5.10 Å². The molecule has 10 heteroatoms. The molecule has 31 heavy (non-hydrogen) atoms. The minimum Gasteiger partial charge on any atom is -0.369 e. The van der Waals surface area contributed by atoms with Crippen LogP contribution in [-0.4, -0.2) is 44.0 Å². The van der Waals surface area contributed by atoms with E-state index in [9.17, 15) is 4.79 Å². The smallest absolute Gasteiger partial charge is 0.252 e. The van der Waals surface area contributed by atoms with Crippen molar-refractivity contribution in [2.75, 3.05) is 18.4 Å². The third-order valence-corrected chi connectivity index (χ3v) is 5.71. The highest BCUT2D eigenvalue weighted by Gasteiger charge is 2.15. The van der Waals surface area contributed by atoms with Gasteiger partial charge in [0.15, 0.2) is 10.8 Å². The van der Waals surface area contributed by atoms with Crippen molar-refractivity contribution in [3.05, 3.63) is 40.0 Å². The summed E-state index contributed by atoms with van der Waals surface area (Å²) in [5.74, 6) is 0.978. The van der Waals surface area contributed by atoms with Gasteiger partial charge in [-0.05, 0) is 24.1 Å². The third kappa shape index (κ3) is 6.24. The van der Waals surface area contributed by atoms with Gasteiger partial charge in [-0.25, -0.2) is 14.6 Å². The minimum atomic E-state index is -0.283. The summed E-state index contributed by atoms with van der Waals surface area (Å²) < 4.78 is 1.78. The molecule has 1 amide bonds. The molecule has 2 heterocycles. The number of hydrogen-bond donors (Lipinski definition) is 2. The largest absolute Gasteiger partial charge is 0.369 e. The number of carbonyl (C=O) groups is 1. The van der Waals surface area contributed by atoms with Gasteiger partial charge in [0.1, 0.15) is 5.82 Å². The number of halogens is 2. The normalized spacial score (nSPS) is 11.5. The third-order valence-electron chi connectivity index (χ3n) is 4.28. The first-order valence-corrected chi connectivity index (χ1v) is 11.8. The maximum atomic E-state index is 12.5. The fourth-order valence-corrected chi connectivity index (χ4v) is 3.92. The zero-order valence-electron chi connectivity index (χ0n) is 17.9. The van der Waals surface area contributed by atoms with Crippen LogP contribution in [0.2, 0.25) is 10.0 Å². The molecule has 0 fully saturated rings. The summed E-state index contributed by atoms with van der Waals surface area (Å²) in [6, 6.07) is 4.81. The first-order chi connectivity index (χ1) is 14.7. The Bertz CT molecular complexity index is 1070. The molecule has 3 aromatic rings. The topological polar surface area (TPSA) is 84.7 Å². The van der Waals surface area contributed by atoms with E-state index in [1.54, 1.807) is 40.8 Å². The number of amides is 1. The average molecular weight is 481 g/mol. The quantitative estimate of drug-likeness (QED) is 0.326. The van der Waals surface area contributed by atoms with E-state index in [0.717, 1.165) is 23.4 Å². The van der Waals surface area contributed by atoms with Crippen molar-refractivity contribution in [2.24, 2.45) is 5.92 Å². The van der Waals surface area contributed by atoms with E-state index in [2.05, 4.69) is 48.4 Å². The number of nitrogens with one attached hydrogen (secondary N) is 2. The molecule has 166 valence electrons. The molecule has 0 bridgehead atoms. The van der Waals surface area contributed by atoms with Crippen LogP contribution in [0.25, 0.3) is 11.0 Å². The molecule has 7 nitrogen and oxygen atoms in total. The molecule has 0 aliphatic heterocycles. The van der Waals surface area contributed by atoms with E-state index in [-0.39, 0.29) is 5.91 Å². The molecule has 0 radical (unpaired) electrons.